The predicted octanol–water partition coefficient (Wildman–Crippen LogP) is 2.66. The minimum Gasteiger partial charge on any atom is -0.497 e. The molecular formula is C12H16N2O. The SMILES string of the molecule is CCC(C#N)CNc1ccc(OC)cc1. The minimum absolute atomic E-state index is 0.0760. The lowest BCUT2D eigenvalue weighted by Gasteiger charge is -2.09. The van der Waals surface area contributed by atoms with E-state index in [0.29, 0.717) is 6.54 Å². The highest BCUT2D eigenvalue weighted by atomic mass is 16.5. The summed E-state index contributed by atoms with van der Waals surface area (Å²) in [7, 11) is 1.64. The molecule has 1 rings (SSSR count). The highest BCUT2D eigenvalue weighted by molar-refractivity contribution is 5.46. The molecule has 0 aliphatic rings. The molecule has 1 aromatic carbocycles. The maximum atomic E-state index is 8.78. The minimum atomic E-state index is 0.0760. The topological polar surface area (TPSA) is 45.0 Å². The third-order valence-corrected chi connectivity index (χ3v) is 2.32. The quantitative estimate of drug-likeness (QED) is 0.802. The zero-order valence-electron chi connectivity index (χ0n) is 9.16. The van der Waals surface area contributed by atoms with E-state index in [0.717, 1.165) is 17.9 Å². The van der Waals surface area contributed by atoms with Crippen LogP contribution in [0, 0.1) is 17.2 Å². The molecule has 3 nitrogen and oxygen atoms in total. The Kier molecular flexibility index (Phi) is 4.49. The molecule has 15 heavy (non-hydrogen) atoms. The Morgan fingerprint density at radius 1 is 1.40 bits per heavy atom. The molecule has 1 N–H and O–H groups in total. The van der Waals surface area contributed by atoms with Crippen molar-refractivity contribution in [2.45, 2.75) is 13.3 Å². The van der Waals surface area contributed by atoms with Gasteiger partial charge in [0, 0.05) is 12.2 Å². The first-order valence-electron chi connectivity index (χ1n) is 5.07. The van der Waals surface area contributed by atoms with Crippen molar-refractivity contribution in [3.63, 3.8) is 0 Å². The molecule has 0 saturated carbocycles. The van der Waals surface area contributed by atoms with Crippen molar-refractivity contribution >= 4 is 5.69 Å². The van der Waals surface area contributed by atoms with Crippen molar-refractivity contribution in [3.05, 3.63) is 24.3 Å². The van der Waals surface area contributed by atoms with Crippen LogP contribution in [-0.2, 0) is 0 Å². The number of nitrogens with one attached hydrogen (secondary N) is 1. The lowest BCUT2D eigenvalue weighted by Crippen LogP contribution is -2.11. The molecule has 0 aliphatic heterocycles. The largest absolute Gasteiger partial charge is 0.497 e. The molecule has 0 aromatic heterocycles. The van der Waals surface area contributed by atoms with Gasteiger partial charge in [-0.3, -0.25) is 0 Å². The zero-order chi connectivity index (χ0) is 11.1. The van der Waals surface area contributed by atoms with Gasteiger partial charge >= 0.3 is 0 Å². The van der Waals surface area contributed by atoms with Gasteiger partial charge in [-0.15, -0.1) is 0 Å². The molecule has 1 unspecified atom stereocenters. The lowest BCUT2D eigenvalue weighted by molar-refractivity contribution is 0.415. The van der Waals surface area contributed by atoms with Gasteiger partial charge in [0.25, 0.3) is 0 Å². The predicted molar refractivity (Wildman–Crippen MR) is 60.9 cm³/mol. The van der Waals surface area contributed by atoms with Gasteiger partial charge in [-0.2, -0.15) is 5.26 Å². The van der Waals surface area contributed by atoms with E-state index in [4.69, 9.17) is 10.00 Å². The van der Waals surface area contributed by atoms with Crippen LogP contribution in [0.15, 0.2) is 24.3 Å². The van der Waals surface area contributed by atoms with Gasteiger partial charge in [0.05, 0.1) is 19.1 Å². The van der Waals surface area contributed by atoms with Gasteiger partial charge in [-0.05, 0) is 30.7 Å². The maximum Gasteiger partial charge on any atom is 0.119 e. The molecule has 80 valence electrons. The summed E-state index contributed by atoms with van der Waals surface area (Å²) < 4.78 is 5.06. The summed E-state index contributed by atoms with van der Waals surface area (Å²) in [4.78, 5) is 0. The van der Waals surface area contributed by atoms with Crippen LogP contribution < -0.4 is 10.1 Å². The van der Waals surface area contributed by atoms with Gasteiger partial charge in [0.15, 0.2) is 0 Å². The summed E-state index contributed by atoms with van der Waals surface area (Å²) in [5, 5.41) is 12.0. The summed E-state index contributed by atoms with van der Waals surface area (Å²) in [5.41, 5.74) is 1.02. The molecule has 1 aromatic rings. The highest BCUT2D eigenvalue weighted by Crippen LogP contribution is 2.15. The summed E-state index contributed by atoms with van der Waals surface area (Å²) in [6.07, 6.45) is 0.875. The second kappa shape index (κ2) is 5.92. The van der Waals surface area contributed by atoms with Crippen LogP contribution in [-0.4, -0.2) is 13.7 Å². The number of hydrogen-bond donors (Lipinski definition) is 1. The first-order chi connectivity index (χ1) is 7.30. The van der Waals surface area contributed by atoms with E-state index in [2.05, 4.69) is 11.4 Å². The molecular weight excluding hydrogens is 188 g/mol. The standard InChI is InChI=1S/C12H16N2O/c1-3-10(8-13)9-14-11-4-6-12(15-2)7-5-11/h4-7,10,14H,3,9H2,1-2H3. The van der Waals surface area contributed by atoms with Gasteiger partial charge in [-0.1, -0.05) is 6.92 Å². The van der Waals surface area contributed by atoms with E-state index in [1.807, 2.05) is 31.2 Å². The third kappa shape index (κ3) is 3.51. The Labute approximate surface area is 90.7 Å². The van der Waals surface area contributed by atoms with Crippen molar-refractivity contribution in [3.8, 4) is 11.8 Å². The molecule has 0 bridgehead atoms. The summed E-state index contributed by atoms with van der Waals surface area (Å²) >= 11 is 0. The molecule has 1 atom stereocenters. The summed E-state index contributed by atoms with van der Waals surface area (Å²) in [5.74, 6) is 0.917. The Morgan fingerprint density at radius 3 is 2.53 bits per heavy atom. The number of nitriles is 1. The maximum absolute atomic E-state index is 8.78. The first-order valence-corrected chi connectivity index (χ1v) is 5.07. The van der Waals surface area contributed by atoms with E-state index >= 15 is 0 Å². The summed E-state index contributed by atoms with van der Waals surface area (Å²) in [6, 6.07) is 9.95. The van der Waals surface area contributed by atoms with E-state index in [-0.39, 0.29) is 5.92 Å². The molecule has 0 amide bonds. The molecule has 0 aliphatic carbocycles. The third-order valence-electron chi connectivity index (χ3n) is 2.32. The van der Waals surface area contributed by atoms with Gasteiger partial charge in [-0.25, -0.2) is 0 Å². The van der Waals surface area contributed by atoms with E-state index in [1.54, 1.807) is 7.11 Å². The first kappa shape index (κ1) is 11.4. The monoisotopic (exact) mass is 204 g/mol. The molecule has 0 heterocycles. The lowest BCUT2D eigenvalue weighted by atomic mass is 10.1. The van der Waals surface area contributed by atoms with Crippen molar-refractivity contribution in [1.82, 2.24) is 0 Å². The van der Waals surface area contributed by atoms with Crippen LogP contribution in [0.1, 0.15) is 13.3 Å². The second-order valence-corrected chi connectivity index (χ2v) is 3.34. The molecule has 0 fully saturated rings. The molecule has 0 saturated heterocycles. The Bertz CT molecular complexity index is 326. The van der Waals surface area contributed by atoms with Crippen LogP contribution in [0.25, 0.3) is 0 Å². The number of anilines is 1. The average molecular weight is 204 g/mol. The highest BCUT2D eigenvalue weighted by Gasteiger charge is 2.03. The summed E-state index contributed by atoms with van der Waals surface area (Å²) in [6.45, 7) is 2.71. The van der Waals surface area contributed by atoms with Gasteiger partial charge in [0.2, 0.25) is 0 Å². The Morgan fingerprint density at radius 2 is 2.07 bits per heavy atom. The zero-order valence-corrected chi connectivity index (χ0v) is 9.16. The Balaban J connectivity index is 2.48. The number of benzene rings is 1. The average Bonchev–Trinajstić information content (AvgIpc) is 2.31. The van der Waals surface area contributed by atoms with Crippen molar-refractivity contribution in [1.29, 1.82) is 5.26 Å². The Hall–Kier alpha value is -1.69. The molecule has 0 spiro atoms. The number of nitrogens with zero attached hydrogens (tertiary/aromatic N) is 1. The van der Waals surface area contributed by atoms with Crippen molar-refractivity contribution in [2.75, 3.05) is 19.0 Å². The fraction of sp³-hybridized carbons (Fsp3) is 0.417. The fourth-order valence-electron chi connectivity index (χ4n) is 1.23. The number of ether oxygens (including phenoxy) is 1. The van der Waals surface area contributed by atoms with Crippen molar-refractivity contribution in [2.24, 2.45) is 5.92 Å². The number of methoxy groups -OCH3 is 1. The smallest absolute Gasteiger partial charge is 0.119 e. The second-order valence-electron chi connectivity index (χ2n) is 3.34. The number of rotatable bonds is 5. The van der Waals surface area contributed by atoms with Crippen LogP contribution in [0.2, 0.25) is 0 Å². The molecule has 3 heteroatoms. The van der Waals surface area contributed by atoms with Crippen LogP contribution in [0.3, 0.4) is 0 Å². The van der Waals surface area contributed by atoms with E-state index in [9.17, 15) is 0 Å². The fourth-order valence-corrected chi connectivity index (χ4v) is 1.23. The van der Waals surface area contributed by atoms with Gasteiger partial charge in [0.1, 0.15) is 5.75 Å². The van der Waals surface area contributed by atoms with E-state index < -0.39 is 0 Å². The molecule has 0 radical (unpaired) electrons. The van der Waals surface area contributed by atoms with Crippen molar-refractivity contribution < 1.29 is 4.74 Å². The van der Waals surface area contributed by atoms with E-state index in [1.165, 1.54) is 0 Å². The van der Waals surface area contributed by atoms with Crippen LogP contribution >= 0.6 is 0 Å². The van der Waals surface area contributed by atoms with Crippen LogP contribution in [0.5, 0.6) is 5.75 Å². The van der Waals surface area contributed by atoms with Gasteiger partial charge < -0.3 is 10.1 Å². The van der Waals surface area contributed by atoms with Crippen LogP contribution in [0.4, 0.5) is 5.69 Å². The number of hydrogen-bond acceptors (Lipinski definition) is 3. The normalized spacial score (nSPS) is 11.5.